The van der Waals surface area contributed by atoms with Crippen LogP contribution in [0, 0.1) is 27.9 Å². The van der Waals surface area contributed by atoms with E-state index in [1.165, 1.54) is 48.5 Å². The number of carbonyl (C=O) groups is 5. The summed E-state index contributed by atoms with van der Waals surface area (Å²) in [5.74, 6) is -5.35. The molecule has 4 aliphatic rings. The summed E-state index contributed by atoms with van der Waals surface area (Å²) in [5.41, 5.74) is 3.55. The number of hydrogen-bond donors (Lipinski definition) is 0. The number of non-ortho nitro benzene ring substituents is 1. The predicted molar refractivity (Wildman–Crippen MR) is 190 cm³/mol. The van der Waals surface area contributed by atoms with Gasteiger partial charge in [0.15, 0.2) is 12.4 Å². The van der Waals surface area contributed by atoms with Crippen molar-refractivity contribution in [1.82, 2.24) is 4.90 Å². The molecule has 0 spiro atoms. The fourth-order valence-electron chi connectivity index (χ4n) is 7.54. The standard InChI is InChI=1S/C38H28Br2N2O9/c1-20(2)32(36(47)50-19-29(43)21-13-17-24(18-14-21)51-35(46)22-11-15-23(16-12-22)42(48)49)41-33(44)30-31(34(41)45)38(40)26-8-4-3-7-25(26)37(30,39)27-9-5-6-10-28(27)38/h3-18,20,30-32H,19H2,1-2H3/t30?,31?,32-,37?,38?/m0/s1. The second kappa shape index (κ2) is 12.6. The summed E-state index contributed by atoms with van der Waals surface area (Å²) >= 11 is 7.92. The maximum atomic E-state index is 14.5. The number of ketones is 1. The largest absolute Gasteiger partial charge is 0.456 e. The Morgan fingerprint density at radius 2 is 1.22 bits per heavy atom. The van der Waals surface area contributed by atoms with Gasteiger partial charge in [-0.3, -0.25) is 29.4 Å². The molecule has 3 aliphatic carbocycles. The van der Waals surface area contributed by atoms with E-state index in [-0.39, 0.29) is 22.6 Å². The number of benzene rings is 4. The van der Waals surface area contributed by atoms with E-state index >= 15 is 0 Å². The van der Waals surface area contributed by atoms with Crippen molar-refractivity contribution in [3.05, 3.63) is 141 Å². The van der Waals surface area contributed by atoms with E-state index in [0.29, 0.717) is 0 Å². The number of amides is 2. The number of hydrogen-bond acceptors (Lipinski definition) is 9. The number of halogens is 2. The van der Waals surface area contributed by atoms with Crippen LogP contribution in [0.15, 0.2) is 97.1 Å². The quantitative estimate of drug-likeness (QED) is 0.0352. The van der Waals surface area contributed by atoms with E-state index in [0.717, 1.165) is 27.2 Å². The molecular weight excluding hydrogens is 788 g/mol. The number of alkyl halides is 2. The molecule has 2 bridgehead atoms. The van der Waals surface area contributed by atoms with E-state index in [9.17, 15) is 34.1 Å². The maximum Gasteiger partial charge on any atom is 0.343 e. The molecule has 2 amide bonds. The Morgan fingerprint density at radius 3 is 1.65 bits per heavy atom. The van der Waals surface area contributed by atoms with Gasteiger partial charge < -0.3 is 9.47 Å². The molecule has 1 aliphatic heterocycles. The molecule has 3 atom stereocenters. The van der Waals surface area contributed by atoms with E-state index in [1.54, 1.807) is 13.8 Å². The number of imide groups is 1. The first-order valence-electron chi connectivity index (χ1n) is 16.0. The van der Waals surface area contributed by atoms with Crippen LogP contribution in [0.5, 0.6) is 5.75 Å². The monoisotopic (exact) mass is 814 g/mol. The van der Waals surface area contributed by atoms with Crippen LogP contribution in [-0.4, -0.2) is 52.0 Å². The van der Waals surface area contributed by atoms with Gasteiger partial charge in [0.05, 0.1) is 31.0 Å². The van der Waals surface area contributed by atoms with Gasteiger partial charge in [0.25, 0.3) is 5.69 Å². The molecule has 51 heavy (non-hydrogen) atoms. The highest BCUT2D eigenvalue weighted by atomic mass is 79.9. The van der Waals surface area contributed by atoms with Gasteiger partial charge in [0, 0.05) is 17.7 Å². The smallest absolute Gasteiger partial charge is 0.343 e. The van der Waals surface area contributed by atoms with Gasteiger partial charge in [-0.2, -0.15) is 0 Å². The zero-order valence-electron chi connectivity index (χ0n) is 27.1. The Balaban J connectivity index is 1.07. The predicted octanol–water partition coefficient (Wildman–Crippen LogP) is 6.47. The molecule has 1 saturated heterocycles. The van der Waals surface area contributed by atoms with Crippen LogP contribution in [0.3, 0.4) is 0 Å². The third-order valence-corrected chi connectivity index (χ3v) is 12.5. The second-order valence-electron chi connectivity index (χ2n) is 13.0. The van der Waals surface area contributed by atoms with Crippen molar-refractivity contribution in [2.75, 3.05) is 6.61 Å². The number of nitro groups is 1. The molecule has 0 aromatic heterocycles. The minimum Gasteiger partial charge on any atom is -0.456 e. The summed E-state index contributed by atoms with van der Waals surface area (Å²) in [7, 11) is 0. The molecule has 0 saturated carbocycles. The van der Waals surface area contributed by atoms with Gasteiger partial charge in [-0.1, -0.05) is 94.2 Å². The van der Waals surface area contributed by atoms with Crippen molar-refractivity contribution < 1.29 is 38.4 Å². The number of carbonyl (C=O) groups excluding carboxylic acids is 5. The van der Waals surface area contributed by atoms with E-state index < -0.39 is 73.5 Å². The molecule has 1 heterocycles. The molecule has 0 radical (unpaired) electrons. The minimum atomic E-state index is -1.29. The number of nitro benzene ring substituents is 1. The van der Waals surface area contributed by atoms with Crippen molar-refractivity contribution in [3.8, 4) is 5.75 Å². The van der Waals surface area contributed by atoms with Gasteiger partial charge in [-0.05, 0) is 64.6 Å². The van der Waals surface area contributed by atoms with Gasteiger partial charge in [0.2, 0.25) is 11.8 Å². The first kappa shape index (κ1) is 34.4. The van der Waals surface area contributed by atoms with Crippen molar-refractivity contribution in [1.29, 1.82) is 0 Å². The summed E-state index contributed by atoms with van der Waals surface area (Å²) < 4.78 is 8.73. The maximum absolute atomic E-state index is 14.5. The molecule has 2 unspecified atom stereocenters. The topological polar surface area (TPSA) is 150 Å². The first-order chi connectivity index (χ1) is 24.3. The highest BCUT2D eigenvalue weighted by Gasteiger charge is 2.73. The lowest BCUT2D eigenvalue weighted by Gasteiger charge is -2.55. The Kier molecular flexibility index (Phi) is 8.54. The van der Waals surface area contributed by atoms with Gasteiger partial charge >= 0.3 is 11.9 Å². The minimum absolute atomic E-state index is 0.0981. The number of Topliss-reactive ketones (excluding diaryl/α,β-unsaturated/α-hetero) is 1. The lowest BCUT2D eigenvalue weighted by molar-refractivity contribution is -0.384. The van der Waals surface area contributed by atoms with Crippen molar-refractivity contribution >= 4 is 67.1 Å². The third kappa shape index (κ3) is 5.24. The van der Waals surface area contributed by atoms with Gasteiger partial charge in [-0.15, -0.1) is 0 Å². The highest BCUT2D eigenvalue weighted by Crippen LogP contribution is 2.70. The SMILES string of the molecule is CC(C)[C@@H](C(=O)OCC(=O)c1ccc(OC(=O)c2ccc([N+](=O)[O-])cc2)cc1)N1C(=O)C2C(C1=O)C1(Br)c3ccccc3C2(Br)c2ccccc21. The number of nitrogens with zero attached hydrogens (tertiary/aromatic N) is 2. The van der Waals surface area contributed by atoms with Crippen molar-refractivity contribution in [3.63, 3.8) is 0 Å². The average molecular weight is 816 g/mol. The molecule has 11 nitrogen and oxygen atoms in total. The molecule has 4 aromatic rings. The van der Waals surface area contributed by atoms with E-state index in [1.807, 2.05) is 48.5 Å². The number of rotatable bonds is 9. The molecule has 1 fully saturated rings. The van der Waals surface area contributed by atoms with Crippen LogP contribution in [0.25, 0.3) is 0 Å². The van der Waals surface area contributed by atoms with Crippen LogP contribution < -0.4 is 4.74 Å². The Labute approximate surface area is 308 Å². The van der Waals surface area contributed by atoms with Crippen molar-refractivity contribution in [2.45, 2.75) is 28.5 Å². The van der Waals surface area contributed by atoms with E-state index in [2.05, 4.69) is 31.9 Å². The molecule has 258 valence electrons. The van der Waals surface area contributed by atoms with Crippen LogP contribution in [0.1, 0.15) is 56.8 Å². The number of likely N-dealkylation sites (tertiary alicyclic amines) is 1. The number of esters is 2. The normalized spacial score (nSPS) is 23.3. The summed E-state index contributed by atoms with van der Waals surface area (Å²) in [6.45, 7) is 2.76. The fourth-order valence-corrected chi connectivity index (χ4v) is 9.84. The third-order valence-electron chi connectivity index (χ3n) is 9.82. The Morgan fingerprint density at radius 1 is 0.765 bits per heavy atom. The highest BCUT2D eigenvalue weighted by molar-refractivity contribution is 9.10. The Hall–Kier alpha value is -5.01. The lowest BCUT2D eigenvalue weighted by Crippen LogP contribution is -2.56. The van der Waals surface area contributed by atoms with E-state index in [4.69, 9.17) is 9.47 Å². The fraction of sp³-hybridized carbons (Fsp3) is 0.237. The zero-order chi connectivity index (χ0) is 36.4. The second-order valence-corrected chi connectivity index (χ2v) is 15.5. The zero-order valence-corrected chi connectivity index (χ0v) is 30.3. The molecule has 4 aromatic carbocycles. The molecule has 8 rings (SSSR count). The molecular formula is C38H28Br2N2O9. The summed E-state index contributed by atoms with van der Waals surface area (Å²) in [6, 6.07) is 24.5. The van der Waals surface area contributed by atoms with Crippen LogP contribution >= 0.6 is 31.9 Å². The summed E-state index contributed by atoms with van der Waals surface area (Å²) in [5, 5.41) is 10.9. The number of ether oxygens (including phenoxy) is 2. The molecule has 0 N–H and O–H groups in total. The van der Waals surface area contributed by atoms with Crippen molar-refractivity contribution in [2.24, 2.45) is 17.8 Å². The average Bonchev–Trinajstić information content (AvgIpc) is 3.40. The first-order valence-corrected chi connectivity index (χ1v) is 17.6. The van der Waals surface area contributed by atoms with Gasteiger partial charge in [-0.25, -0.2) is 9.59 Å². The van der Waals surface area contributed by atoms with Crippen LogP contribution in [0.4, 0.5) is 5.69 Å². The Bertz CT molecular complexity index is 2030. The molecule has 13 heteroatoms. The lowest BCUT2D eigenvalue weighted by atomic mass is 9.54. The summed E-state index contributed by atoms with van der Waals surface area (Å²) in [4.78, 5) is 79.5. The summed E-state index contributed by atoms with van der Waals surface area (Å²) in [6.07, 6.45) is 0. The van der Waals surface area contributed by atoms with Crippen LogP contribution in [-0.2, 0) is 27.8 Å². The van der Waals surface area contributed by atoms with Gasteiger partial charge in [0.1, 0.15) is 11.8 Å². The van der Waals surface area contributed by atoms with Crippen LogP contribution in [0.2, 0.25) is 0 Å².